The van der Waals surface area contributed by atoms with Crippen molar-refractivity contribution in [1.82, 2.24) is 13.7 Å². The molecule has 3 aromatic heterocycles. The minimum atomic E-state index is 0.0699. The highest BCUT2D eigenvalue weighted by Gasteiger charge is 2.39. The van der Waals surface area contributed by atoms with E-state index >= 15 is 0 Å². The number of hydrogen-bond donors (Lipinski definition) is 0. The Labute approximate surface area is 821 Å². The lowest BCUT2D eigenvalue weighted by molar-refractivity contribution is 0.346. The van der Waals surface area contributed by atoms with Gasteiger partial charge in [0.15, 0.2) is 0 Å². The molecule has 3 fully saturated rings. The van der Waals surface area contributed by atoms with Crippen LogP contribution in [0.3, 0.4) is 0 Å². The Balaban J connectivity index is 0.000000114. The third-order valence-corrected chi connectivity index (χ3v) is 30.9. The van der Waals surface area contributed by atoms with Crippen LogP contribution in [0.15, 0.2) is 497 Å². The molecule has 3 heterocycles. The first-order chi connectivity index (χ1) is 69.4. The van der Waals surface area contributed by atoms with Crippen molar-refractivity contribution in [2.24, 2.45) is 0 Å². The van der Waals surface area contributed by atoms with Crippen molar-refractivity contribution in [2.75, 3.05) is 14.7 Å². The van der Waals surface area contributed by atoms with Crippen molar-refractivity contribution in [3.63, 3.8) is 0 Å². The Kier molecular flexibility index (Phi) is 23.5. The molecule has 3 aliphatic rings. The quantitative estimate of drug-likeness (QED) is 0.0856. The molecule has 3 aliphatic carbocycles. The summed E-state index contributed by atoms with van der Waals surface area (Å²) in [6.07, 6.45) is 18.9. The summed E-state index contributed by atoms with van der Waals surface area (Å²) >= 11 is 0. The van der Waals surface area contributed by atoms with Crippen LogP contribution in [0.1, 0.15) is 130 Å². The Morgan fingerprint density at radius 2 is 0.400 bits per heavy atom. The topological polar surface area (TPSA) is 24.5 Å². The lowest BCUT2D eigenvalue weighted by Crippen LogP contribution is -2.30. The second-order valence-electron chi connectivity index (χ2n) is 38.7. The molecule has 140 heavy (non-hydrogen) atoms. The Hall–Kier alpha value is -16.3. The maximum Gasteiger partial charge on any atom is 0.0542 e. The highest BCUT2D eigenvalue weighted by Crippen LogP contribution is 2.53. The second kappa shape index (κ2) is 38.0. The van der Waals surface area contributed by atoms with Gasteiger partial charge >= 0.3 is 0 Å². The number of aromatic nitrogens is 3. The van der Waals surface area contributed by atoms with Crippen LogP contribution in [0.5, 0.6) is 0 Å². The van der Waals surface area contributed by atoms with Crippen molar-refractivity contribution in [3.05, 3.63) is 531 Å². The lowest BCUT2D eigenvalue weighted by Gasteiger charge is -2.39. The van der Waals surface area contributed by atoms with Crippen molar-refractivity contribution >= 4 is 138 Å². The maximum atomic E-state index is 2.45. The van der Waals surface area contributed by atoms with Crippen molar-refractivity contribution in [2.45, 2.75) is 113 Å². The van der Waals surface area contributed by atoms with Crippen molar-refractivity contribution in [1.29, 1.82) is 0 Å². The molecule has 26 rings (SSSR count). The Bertz CT molecular complexity index is 8290. The molecule has 0 N–H and O–H groups in total. The van der Waals surface area contributed by atoms with Gasteiger partial charge in [-0.15, -0.1) is 0 Å². The van der Waals surface area contributed by atoms with Crippen LogP contribution >= 0.6 is 0 Å². The normalized spacial score (nSPS) is 14.5. The highest BCUT2D eigenvalue weighted by atomic mass is 15.2. The van der Waals surface area contributed by atoms with Gasteiger partial charge in [-0.3, -0.25) is 0 Å². The standard InChI is InChI=1S/2C46H38N2.C42H36N2/c1-4-17-35(18-5-1)46(31-12-3-13-32-46)36-25-27-38(28-26-36)47(43-24-14-16-34-15-8-9-21-40(34)43)39-29-30-45-42(33-39)41-22-10-11-23-44(41)48(45)37-19-6-2-7-20-37;1-4-16-36(17-5-1)46(30-12-3-13-31-46)37-23-26-39(27-24-37)47(40-25-22-34-14-8-9-15-35(34)32-40)41-28-29-45-43(33-41)42-20-10-11-21-44(42)48(45)38-18-6-2-7-19-38;1-5-15-32(16-6-1)42(29-13-4-14-30-42)33-23-25-36(26-24-33)43(34-17-7-2-8-18-34)37-27-28-41-39(31-37)38-21-11-12-22-40(38)44(41)35-19-9-3-10-20-35/h1-2,4-11,14-30,33H,3,12-13,31-32H2;1-2,4-11,14-29,32-33H,3,12-13,30-31H2;1-3,5-12,15-28,31H,4,13-14,29-30H2. The Morgan fingerprint density at radius 1 is 0.150 bits per heavy atom. The van der Waals surface area contributed by atoms with E-state index in [0.717, 1.165) is 28.4 Å². The van der Waals surface area contributed by atoms with Crippen LogP contribution in [0.2, 0.25) is 0 Å². The summed E-state index contributed by atoms with van der Waals surface area (Å²) in [4.78, 5) is 7.28. The molecular formula is C134H112N6. The number of para-hydroxylation sites is 7. The molecule has 678 valence electrons. The number of rotatable bonds is 18. The molecule has 0 bridgehead atoms. The largest absolute Gasteiger partial charge is 0.310 e. The predicted molar refractivity (Wildman–Crippen MR) is 592 cm³/mol. The van der Waals surface area contributed by atoms with E-state index in [4.69, 9.17) is 0 Å². The van der Waals surface area contributed by atoms with Gasteiger partial charge < -0.3 is 28.4 Å². The number of nitrogens with zero attached hydrogens (tertiary/aromatic N) is 6. The Morgan fingerprint density at radius 3 is 0.779 bits per heavy atom. The van der Waals surface area contributed by atoms with E-state index in [-0.39, 0.29) is 16.2 Å². The van der Waals surface area contributed by atoms with Gasteiger partial charge in [0.25, 0.3) is 0 Å². The number of benzene rings is 20. The van der Waals surface area contributed by atoms with E-state index in [2.05, 4.69) is 526 Å². The molecule has 6 heteroatoms. The van der Waals surface area contributed by atoms with Gasteiger partial charge in [0.05, 0.1) is 38.8 Å². The average Bonchev–Trinajstić information content (AvgIpc) is 1.58. The van der Waals surface area contributed by atoms with Crippen LogP contribution in [0.4, 0.5) is 51.2 Å². The molecule has 0 unspecified atom stereocenters. The van der Waals surface area contributed by atoms with E-state index in [1.165, 1.54) is 256 Å². The molecule has 0 amide bonds. The minimum absolute atomic E-state index is 0.0699. The molecule has 23 aromatic rings. The molecule has 0 spiro atoms. The van der Waals surface area contributed by atoms with Crippen LogP contribution < -0.4 is 14.7 Å². The average molecular weight is 1810 g/mol. The molecular weight excluding hydrogens is 1690 g/mol. The summed E-state index contributed by atoms with van der Waals surface area (Å²) in [5.41, 5.74) is 30.1. The molecule has 20 aromatic carbocycles. The number of hydrogen-bond acceptors (Lipinski definition) is 3. The fourth-order valence-corrected chi connectivity index (χ4v) is 24.2. The van der Waals surface area contributed by atoms with Crippen LogP contribution in [0.25, 0.3) is 104 Å². The zero-order valence-corrected chi connectivity index (χ0v) is 79.1. The fourth-order valence-electron chi connectivity index (χ4n) is 24.2. The van der Waals surface area contributed by atoms with Gasteiger partial charge in [-0.25, -0.2) is 0 Å². The zero-order valence-electron chi connectivity index (χ0n) is 79.1. The van der Waals surface area contributed by atoms with Gasteiger partial charge in [0.2, 0.25) is 0 Å². The van der Waals surface area contributed by atoms with Gasteiger partial charge in [-0.2, -0.15) is 0 Å². The number of fused-ring (bicyclic) bond motifs is 11. The molecule has 0 atom stereocenters. The molecule has 0 saturated heterocycles. The molecule has 3 saturated carbocycles. The molecule has 0 radical (unpaired) electrons. The predicted octanol–water partition coefficient (Wildman–Crippen LogP) is 36.8. The minimum Gasteiger partial charge on any atom is -0.310 e. The first kappa shape index (κ1) is 86.6. The molecule has 0 aliphatic heterocycles. The summed E-state index contributed by atoms with van der Waals surface area (Å²) in [7, 11) is 0. The third kappa shape index (κ3) is 16.0. The van der Waals surface area contributed by atoms with Crippen LogP contribution in [-0.2, 0) is 16.2 Å². The van der Waals surface area contributed by atoms with E-state index in [1.54, 1.807) is 0 Å². The summed E-state index contributed by atoms with van der Waals surface area (Å²) in [5.74, 6) is 0. The van der Waals surface area contributed by atoms with Gasteiger partial charge in [-0.1, -0.05) is 379 Å². The second-order valence-corrected chi connectivity index (χ2v) is 38.7. The first-order valence-corrected chi connectivity index (χ1v) is 50.6. The summed E-state index contributed by atoms with van der Waals surface area (Å²) in [6, 6.07) is 183. The number of anilines is 9. The maximum absolute atomic E-state index is 2.45. The summed E-state index contributed by atoms with van der Waals surface area (Å²) in [5, 5.41) is 12.5. The smallest absolute Gasteiger partial charge is 0.0542 e. The monoisotopic (exact) mass is 1800 g/mol. The van der Waals surface area contributed by atoms with Crippen molar-refractivity contribution in [3.8, 4) is 17.1 Å². The van der Waals surface area contributed by atoms with Gasteiger partial charge in [-0.05, 0) is 264 Å². The third-order valence-electron chi connectivity index (χ3n) is 30.9. The van der Waals surface area contributed by atoms with Crippen LogP contribution in [-0.4, -0.2) is 13.7 Å². The van der Waals surface area contributed by atoms with E-state index in [1.807, 2.05) is 0 Å². The van der Waals surface area contributed by atoms with E-state index < -0.39 is 0 Å². The van der Waals surface area contributed by atoms with Gasteiger partial charge in [0.1, 0.15) is 0 Å². The summed E-state index contributed by atoms with van der Waals surface area (Å²) in [6.45, 7) is 0. The lowest BCUT2D eigenvalue weighted by atomic mass is 9.65. The highest BCUT2D eigenvalue weighted by molar-refractivity contribution is 6.14. The fraction of sp³-hybridized carbons (Fsp3) is 0.134. The first-order valence-electron chi connectivity index (χ1n) is 50.6. The summed E-state index contributed by atoms with van der Waals surface area (Å²) < 4.78 is 7.15. The SMILES string of the molecule is c1ccc(-n2c3ccccc3c3cc(N(c4ccc(C5(c6ccccc6)CCCCC5)cc4)c4ccc5ccccc5c4)ccc32)cc1.c1ccc(-n2c3ccccc3c3cc(N(c4ccc(C5(c6ccccc6)CCCCC5)cc4)c4cccc5ccccc45)ccc32)cc1.c1ccc(N(c2ccc(C3(c4ccccc4)CCCCC3)cc2)c2ccc3c(c2)c2ccccc2n3-c2ccccc2)cc1. The zero-order chi connectivity index (χ0) is 93.2. The van der Waals surface area contributed by atoms with Gasteiger partial charge in [0, 0.05) is 117 Å². The van der Waals surface area contributed by atoms with Crippen LogP contribution in [0, 0.1) is 0 Å². The molecule has 6 nitrogen and oxygen atoms in total. The van der Waals surface area contributed by atoms with Crippen molar-refractivity contribution < 1.29 is 0 Å². The van der Waals surface area contributed by atoms with E-state index in [9.17, 15) is 0 Å². The van der Waals surface area contributed by atoms with E-state index in [0.29, 0.717) is 0 Å².